The monoisotopic (exact) mass is 307 g/mol. The first-order chi connectivity index (χ1) is 11.2. The van der Waals surface area contributed by atoms with E-state index in [-0.39, 0.29) is 12.5 Å². The minimum absolute atomic E-state index is 0.0300. The molecule has 5 heteroatoms. The molecule has 1 aromatic heterocycles. The van der Waals surface area contributed by atoms with E-state index < -0.39 is 0 Å². The molecule has 1 amide bonds. The lowest BCUT2D eigenvalue weighted by Gasteiger charge is -2.09. The van der Waals surface area contributed by atoms with Gasteiger partial charge in [-0.05, 0) is 42.8 Å². The highest BCUT2D eigenvalue weighted by atomic mass is 16.5. The van der Waals surface area contributed by atoms with Crippen molar-refractivity contribution in [3.8, 4) is 17.0 Å². The minimum atomic E-state index is -0.201. The molecule has 0 unspecified atom stereocenters. The van der Waals surface area contributed by atoms with Crippen LogP contribution in [0.5, 0.6) is 5.75 Å². The van der Waals surface area contributed by atoms with E-state index in [4.69, 9.17) is 4.74 Å². The third kappa shape index (κ3) is 3.97. The fourth-order valence-electron chi connectivity index (χ4n) is 2.23. The maximum Gasteiger partial charge on any atom is 0.262 e. The van der Waals surface area contributed by atoms with Crippen LogP contribution in [0.1, 0.15) is 5.56 Å². The second-order valence-electron chi connectivity index (χ2n) is 5.20. The van der Waals surface area contributed by atoms with E-state index in [2.05, 4.69) is 15.5 Å². The van der Waals surface area contributed by atoms with E-state index in [1.54, 1.807) is 6.20 Å². The van der Waals surface area contributed by atoms with Crippen molar-refractivity contribution in [2.75, 3.05) is 11.9 Å². The Hall–Kier alpha value is -3.08. The van der Waals surface area contributed by atoms with Crippen molar-refractivity contribution in [1.82, 2.24) is 10.2 Å². The number of hydrogen-bond acceptors (Lipinski definition) is 3. The Balaban J connectivity index is 1.61. The van der Waals surface area contributed by atoms with Crippen molar-refractivity contribution in [3.05, 3.63) is 66.4 Å². The molecule has 0 fully saturated rings. The quantitative estimate of drug-likeness (QED) is 0.759. The predicted octanol–water partition coefficient (Wildman–Crippen LogP) is 3.40. The molecule has 116 valence electrons. The summed E-state index contributed by atoms with van der Waals surface area (Å²) in [7, 11) is 0. The Kier molecular flexibility index (Phi) is 4.38. The average Bonchev–Trinajstić information content (AvgIpc) is 3.08. The Morgan fingerprint density at radius 2 is 2.04 bits per heavy atom. The molecule has 3 rings (SSSR count). The average molecular weight is 307 g/mol. The zero-order valence-corrected chi connectivity index (χ0v) is 12.7. The van der Waals surface area contributed by atoms with Crippen LogP contribution in [0, 0.1) is 6.92 Å². The van der Waals surface area contributed by atoms with Gasteiger partial charge in [0, 0.05) is 17.4 Å². The number of benzene rings is 2. The van der Waals surface area contributed by atoms with Crippen LogP contribution in [-0.2, 0) is 4.79 Å². The van der Waals surface area contributed by atoms with Gasteiger partial charge in [0.2, 0.25) is 0 Å². The number of aromatic amines is 1. The van der Waals surface area contributed by atoms with Gasteiger partial charge in [-0.1, -0.05) is 24.3 Å². The van der Waals surface area contributed by atoms with Crippen molar-refractivity contribution in [2.45, 2.75) is 6.92 Å². The lowest BCUT2D eigenvalue weighted by molar-refractivity contribution is -0.118. The number of aromatic nitrogens is 2. The molecule has 0 radical (unpaired) electrons. The molecule has 2 N–H and O–H groups in total. The molecule has 0 saturated heterocycles. The summed E-state index contributed by atoms with van der Waals surface area (Å²) in [6.07, 6.45) is 1.69. The van der Waals surface area contributed by atoms with Crippen molar-refractivity contribution in [1.29, 1.82) is 0 Å². The highest BCUT2D eigenvalue weighted by Gasteiger charge is 2.06. The summed E-state index contributed by atoms with van der Waals surface area (Å²) in [6.45, 7) is 1.95. The molecule has 0 spiro atoms. The van der Waals surface area contributed by atoms with Gasteiger partial charge >= 0.3 is 0 Å². The summed E-state index contributed by atoms with van der Waals surface area (Å²) in [5, 5.41) is 9.66. The highest BCUT2D eigenvalue weighted by Crippen LogP contribution is 2.20. The molecule has 23 heavy (non-hydrogen) atoms. The SMILES string of the molecule is Cc1cccc(OCC(=O)Nc2cccc(-c3ccn[nH]3)c2)c1. The Bertz CT molecular complexity index is 798. The summed E-state index contributed by atoms with van der Waals surface area (Å²) >= 11 is 0. The molecule has 0 saturated carbocycles. The van der Waals surface area contributed by atoms with Gasteiger partial charge in [0.05, 0.1) is 5.69 Å². The number of anilines is 1. The third-order valence-corrected chi connectivity index (χ3v) is 3.32. The maximum absolute atomic E-state index is 12.0. The zero-order chi connectivity index (χ0) is 16.1. The molecule has 0 aliphatic carbocycles. The van der Waals surface area contributed by atoms with Gasteiger partial charge in [-0.2, -0.15) is 5.10 Å². The maximum atomic E-state index is 12.0. The van der Waals surface area contributed by atoms with E-state index in [9.17, 15) is 4.79 Å². The summed E-state index contributed by atoms with van der Waals surface area (Å²) in [4.78, 5) is 12.0. The highest BCUT2D eigenvalue weighted by molar-refractivity contribution is 5.92. The third-order valence-electron chi connectivity index (χ3n) is 3.32. The molecule has 0 aliphatic rings. The smallest absolute Gasteiger partial charge is 0.262 e. The van der Waals surface area contributed by atoms with Crippen LogP contribution in [0.15, 0.2) is 60.8 Å². The van der Waals surface area contributed by atoms with Crippen molar-refractivity contribution in [3.63, 3.8) is 0 Å². The minimum Gasteiger partial charge on any atom is -0.484 e. The van der Waals surface area contributed by atoms with E-state index in [0.29, 0.717) is 5.75 Å². The molecule has 1 heterocycles. The number of ether oxygens (including phenoxy) is 1. The number of carbonyl (C=O) groups is 1. The van der Waals surface area contributed by atoms with E-state index in [1.165, 1.54) is 0 Å². The fraction of sp³-hybridized carbons (Fsp3) is 0.111. The second kappa shape index (κ2) is 6.79. The number of rotatable bonds is 5. The van der Waals surface area contributed by atoms with Gasteiger partial charge in [-0.25, -0.2) is 0 Å². The van der Waals surface area contributed by atoms with Gasteiger partial charge < -0.3 is 10.1 Å². The van der Waals surface area contributed by atoms with Crippen LogP contribution in [0.4, 0.5) is 5.69 Å². The fourth-order valence-corrected chi connectivity index (χ4v) is 2.23. The molecule has 0 bridgehead atoms. The van der Waals surface area contributed by atoms with Crippen LogP contribution in [0.2, 0.25) is 0 Å². The summed E-state index contributed by atoms with van der Waals surface area (Å²) in [5.74, 6) is 0.486. The second-order valence-corrected chi connectivity index (χ2v) is 5.20. The summed E-state index contributed by atoms with van der Waals surface area (Å²) in [6, 6.07) is 17.0. The van der Waals surface area contributed by atoms with Gasteiger partial charge in [-0.3, -0.25) is 9.89 Å². The van der Waals surface area contributed by atoms with Crippen LogP contribution in [-0.4, -0.2) is 22.7 Å². The number of nitrogens with zero attached hydrogens (tertiary/aromatic N) is 1. The predicted molar refractivity (Wildman–Crippen MR) is 89.3 cm³/mol. The van der Waals surface area contributed by atoms with Crippen LogP contribution in [0.3, 0.4) is 0 Å². The van der Waals surface area contributed by atoms with Crippen molar-refractivity contribution < 1.29 is 9.53 Å². The molecule has 3 aromatic rings. The number of aryl methyl sites for hydroxylation is 1. The van der Waals surface area contributed by atoms with E-state index >= 15 is 0 Å². The Labute approximate surface area is 134 Å². The van der Waals surface area contributed by atoms with Crippen molar-refractivity contribution in [2.24, 2.45) is 0 Å². The van der Waals surface area contributed by atoms with Crippen LogP contribution in [0.25, 0.3) is 11.3 Å². The zero-order valence-electron chi connectivity index (χ0n) is 12.7. The Morgan fingerprint density at radius 1 is 1.17 bits per heavy atom. The van der Waals surface area contributed by atoms with Gasteiger partial charge in [0.25, 0.3) is 5.91 Å². The van der Waals surface area contributed by atoms with Gasteiger partial charge in [0.15, 0.2) is 6.61 Å². The normalized spacial score (nSPS) is 10.3. The molecular weight excluding hydrogens is 290 g/mol. The van der Waals surface area contributed by atoms with Gasteiger partial charge in [-0.15, -0.1) is 0 Å². The molecule has 0 atom stereocenters. The number of H-pyrrole nitrogens is 1. The van der Waals surface area contributed by atoms with Gasteiger partial charge in [0.1, 0.15) is 5.75 Å². The molecule has 2 aromatic carbocycles. The summed E-state index contributed by atoms with van der Waals surface area (Å²) in [5.41, 5.74) is 3.67. The van der Waals surface area contributed by atoms with Crippen molar-refractivity contribution >= 4 is 11.6 Å². The topological polar surface area (TPSA) is 67.0 Å². The molecule has 0 aliphatic heterocycles. The molecular formula is C18H17N3O2. The van der Waals surface area contributed by atoms with E-state index in [0.717, 1.165) is 22.5 Å². The first kappa shape index (κ1) is 14.8. The Morgan fingerprint density at radius 3 is 2.83 bits per heavy atom. The standard InChI is InChI=1S/C18H17N3O2/c1-13-4-2-7-16(10-13)23-12-18(22)20-15-6-3-5-14(11-15)17-8-9-19-21-17/h2-11H,12H2,1H3,(H,19,21)(H,20,22). The summed E-state index contributed by atoms with van der Waals surface area (Å²) < 4.78 is 5.50. The first-order valence-electron chi connectivity index (χ1n) is 7.30. The number of carbonyl (C=O) groups excluding carboxylic acids is 1. The largest absolute Gasteiger partial charge is 0.484 e. The lowest BCUT2D eigenvalue weighted by atomic mass is 10.1. The van der Waals surface area contributed by atoms with E-state index in [1.807, 2.05) is 61.5 Å². The number of hydrogen-bond donors (Lipinski definition) is 2. The lowest BCUT2D eigenvalue weighted by Crippen LogP contribution is -2.20. The number of nitrogens with one attached hydrogen (secondary N) is 2. The van der Waals surface area contributed by atoms with Crippen LogP contribution < -0.4 is 10.1 Å². The first-order valence-corrected chi connectivity index (χ1v) is 7.30. The molecule has 5 nitrogen and oxygen atoms in total. The number of amides is 1. The van der Waals surface area contributed by atoms with Crippen LogP contribution >= 0.6 is 0 Å².